The molecule has 1 aromatic carbocycles. The van der Waals surface area contributed by atoms with Gasteiger partial charge in [-0.25, -0.2) is 4.98 Å². The van der Waals surface area contributed by atoms with Gasteiger partial charge in [-0.2, -0.15) is 4.98 Å². The molecule has 8 nitrogen and oxygen atoms in total. The van der Waals surface area contributed by atoms with Crippen molar-refractivity contribution < 1.29 is 4.74 Å². The molecule has 0 aliphatic carbocycles. The highest BCUT2D eigenvalue weighted by Gasteiger charge is 2.34. The normalized spacial score (nSPS) is 16.9. The maximum Gasteiger partial charge on any atom is 0.278 e. The number of morpholine rings is 1. The van der Waals surface area contributed by atoms with Gasteiger partial charge in [-0.15, -0.1) is 0 Å². The van der Waals surface area contributed by atoms with Crippen LogP contribution >= 0.6 is 23.2 Å². The number of H-pyrrole nitrogens is 1. The number of rotatable bonds is 6. The molecule has 0 saturated carbocycles. The van der Waals surface area contributed by atoms with Gasteiger partial charge in [-0.05, 0) is 23.0 Å². The van der Waals surface area contributed by atoms with Gasteiger partial charge < -0.3 is 19.5 Å². The molecule has 0 atom stereocenters. The molecule has 32 heavy (non-hydrogen) atoms. The summed E-state index contributed by atoms with van der Waals surface area (Å²) in [6.45, 7) is 1.28. The lowest BCUT2D eigenvalue weighted by molar-refractivity contribution is -0.0244. The van der Waals surface area contributed by atoms with Gasteiger partial charge in [-0.1, -0.05) is 29.3 Å². The van der Waals surface area contributed by atoms with E-state index in [-0.39, 0.29) is 36.8 Å². The van der Waals surface area contributed by atoms with Crippen molar-refractivity contribution in [3.8, 4) is 0 Å². The van der Waals surface area contributed by atoms with Crippen molar-refractivity contribution in [1.29, 1.82) is 0 Å². The van der Waals surface area contributed by atoms with Crippen molar-refractivity contribution in [2.75, 3.05) is 25.0 Å². The van der Waals surface area contributed by atoms with E-state index in [0.29, 0.717) is 23.1 Å². The Kier molecular flexibility index (Phi) is 6.42. The maximum absolute atomic E-state index is 12.8. The third-order valence-corrected chi connectivity index (χ3v) is 5.85. The Labute approximate surface area is 200 Å². The molecule has 2 aromatic heterocycles. The molecule has 14 heteroatoms. The van der Waals surface area contributed by atoms with E-state index in [1.54, 1.807) is 21.6 Å². The minimum Gasteiger partial charge on any atom is -0.392 e. The number of aromatic nitrogens is 4. The van der Waals surface area contributed by atoms with Crippen LogP contribution in [0.3, 0.4) is 0 Å². The molecule has 8 radical (unpaired) electrons. The molecular formula is C18H16B4Cl2N6O2. The average Bonchev–Trinajstić information content (AvgIpc) is 3.10. The predicted octanol–water partition coefficient (Wildman–Crippen LogP) is 0.352. The quantitative estimate of drug-likeness (QED) is 0.514. The average molecular weight is 463 g/mol. The van der Waals surface area contributed by atoms with Gasteiger partial charge in [0, 0.05) is 31.6 Å². The number of ether oxygens (including phenoxy) is 1. The molecule has 1 aliphatic heterocycles. The van der Waals surface area contributed by atoms with Crippen LogP contribution < -0.4 is 10.9 Å². The first-order chi connectivity index (χ1) is 15.0. The zero-order valence-corrected chi connectivity index (χ0v) is 18.5. The Morgan fingerprint density at radius 1 is 1.28 bits per heavy atom. The molecule has 3 aromatic rings. The van der Waals surface area contributed by atoms with E-state index in [9.17, 15) is 4.79 Å². The van der Waals surface area contributed by atoms with Gasteiger partial charge >= 0.3 is 0 Å². The number of hydrogen-bond acceptors (Lipinski definition) is 6. The summed E-state index contributed by atoms with van der Waals surface area (Å²) in [7, 11) is 24.4. The second-order valence-corrected chi connectivity index (χ2v) is 8.59. The first kappa shape index (κ1) is 23.3. The van der Waals surface area contributed by atoms with Gasteiger partial charge in [0.25, 0.3) is 5.56 Å². The zero-order chi connectivity index (χ0) is 23.1. The third-order valence-electron chi connectivity index (χ3n) is 5.11. The van der Waals surface area contributed by atoms with Crippen molar-refractivity contribution >= 4 is 71.7 Å². The van der Waals surface area contributed by atoms with Crippen molar-refractivity contribution in [3.63, 3.8) is 0 Å². The van der Waals surface area contributed by atoms with Gasteiger partial charge in [0.15, 0.2) is 11.2 Å². The van der Waals surface area contributed by atoms with Crippen LogP contribution in [0, 0.1) is 0 Å². The standard InChI is InChI=1S/C18H16B4Cl2N6O2/c19-17(20,30-3-4-32-18(21,22)8-30)7-29-9-26-14-13(29)15(31)28-16(27-14)25-6-10-1-2-11(23)12(24)5-10/h1-2,5,9H,3-4,6-8H2,(H2,25,27,28,31). The van der Waals surface area contributed by atoms with Crippen LogP contribution in [-0.4, -0.2) is 86.2 Å². The Hall–Kier alpha value is -1.87. The molecule has 2 N–H and O–H groups in total. The molecule has 156 valence electrons. The number of nitrogens with one attached hydrogen (secondary N) is 2. The summed E-state index contributed by atoms with van der Waals surface area (Å²) in [6, 6.07) is 5.24. The van der Waals surface area contributed by atoms with Crippen LogP contribution in [0.25, 0.3) is 11.2 Å². The first-order valence-corrected chi connectivity index (χ1v) is 10.5. The minimum absolute atomic E-state index is 0.0559. The molecule has 1 fully saturated rings. The van der Waals surface area contributed by atoms with Crippen molar-refractivity contribution in [1.82, 2.24) is 24.4 Å². The first-order valence-electron chi connectivity index (χ1n) is 9.71. The molecule has 1 aliphatic rings. The van der Waals surface area contributed by atoms with Crippen LogP contribution in [0.4, 0.5) is 5.95 Å². The maximum atomic E-state index is 12.8. The van der Waals surface area contributed by atoms with Crippen molar-refractivity contribution in [3.05, 3.63) is 50.5 Å². The van der Waals surface area contributed by atoms with E-state index >= 15 is 0 Å². The Bertz CT molecular complexity index is 1200. The summed E-state index contributed by atoms with van der Waals surface area (Å²) < 4.78 is 6.84. The Morgan fingerprint density at radius 2 is 2.06 bits per heavy atom. The molecule has 1 saturated heterocycles. The van der Waals surface area contributed by atoms with E-state index in [1.165, 1.54) is 6.33 Å². The highest BCUT2D eigenvalue weighted by molar-refractivity contribution is 6.42. The summed E-state index contributed by atoms with van der Waals surface area (Å²) >= 11 is 12.0. The molecule has 3 heterocycles. The predicted molar refractivity (Wildman–Crippen MR) is 128 cm³/mol. The number of fused-ring (bicyclic) bond motifs is 1. The monoisotopic (exact) mass is 462 g/mol. The topological polar surface area (TPSA) is 88.1 Å². The highest BCUT2D eigenvalue weighted by Crippen LogP contribution is 2.23. The smallest absolute Gasteiger partial charge is 0.278 e. The van der Waals surface area contributed by atoms with Gasteiger partial charge in [0.05, 0.1) is 38.7 Å². The second kappa shape index (κ2) is 8.82. The lowest BCUT2D eigenvalue weighted by atomic mass is 9.57. The fourth-order valence-electron chi connectivity index (χ4n) is 3.52. The largest absolute Gasteiger partial charge is 0.392 e. The van der Waals surface area contributed by atoms with Gasteiger partial charge in [0.2, 0.25) is 5.95 Å². The number of imidazole rings is 1. The zero-order valence-electron chi connectivity index (χ0n) is 17.0. The van der Waals surface area contributed by atoms with E-state index in [1.807, 2.05) is 6.07 Å². The van der Waals surface area contributed by atoms with Crippen LogP contribution in [-0.2, 0) is 17.8 Å². The second-order valence-electron chi connectivity index (χ2n) is 7.78. The van der Waals surface area contributed by atoms with Crippen LogP contribution in [0.2, 0.25) is 10.0 Å². The molecule has 0 spiro atoms. The van der Waals surface area contributed by atoms with Gasteiger partial charge in [0.1, 0.15) is 15.7 Å². The number of halogens is 2. The molecule has 0 amide bonds. The molecule has 0 bridgehead atoms. The van der Waals surface area contributed by atoms with Crippen LogP contribution in [0.1, 0.15) is 5.56 Å². The van der Waals surface area contributed by atoms with Crippen molar-refractivity contribution in [2.24, 2.45) is 0 Å². The van der Waals surface area contributed by atoms with E-state index in [0.717, 1.165) is 5.56 Å². The van der Waals surface area contributed by atoms with E-state index in [2.05, 4.69) is 20.3 Å². The number of benzene rings is 1. The molecule has 0 unspecified atom stereocenters. The molecule has 4 rings (SSSR count). The summed E-state index contributed by atoms with van der Waals surface area (Å²) in [6.07, 6.45) is 1.46. The fraction of sp³-hybridized carbons (Fsp3) is 0.389. The van der Waals surface area contributed by atoms with Crippen LogP contribution in [0.5, 0.6) is 0 Å². The highest BCUT2D eigenvalue weighted by atomic mass is 35.5. The van der Waals surface area contributed by atoms with Crippen LogP contribution in [0.15, 0.2) is 29.3 Å². The Morgan fingerprint density at radius 3 is 2.78 bits per heavy atom. The lowest BCUT2D eigenvalue weighted by Gasteiger charge is -2.48. The fourth-order valence-corrected chi connectivity index (χ4v) is 3.84. The van der Waals surface area contributed by atoms with E-state index < -0.39 is 16.3 Å². The minimum atomic E-state index is -1.35. The SMILES string of the molecule is [B]C1([B])CN(C([B])([B])Cn2cnc3nc(NCc4ccc(Cl)c(Cl)c4)[nH]c(=O)c32)CCO1. The Balaban J connectivity index is 1.52. The number of aromatic amines is 1. The number of anilines is 1. The summed E-state index contributed by atoms with van der Waals surface area (Å²) in [5.41, 5.74) is 0.958. The van der Waals surface area contributed by atoms with E-state index in [4.69, 9.17) is 59.3 Å². The summed E-state index contributed by atoms with van der Waals surface area (Å²) in [4.78, 5) is 25.8. The summed E-state index contributed by atoms with van der Waals surface area (Å²) in [5, 5.41) is 1.24. The number of nitrogens with zero attached hydrogens (tertiary/aromatic N) is 4. The van der Waals surface area contributed by atoms with Gasteiger partial charge in [-0.3, -0.25) is 9.78 Å². The van der Waals surface area contributed by atoms with Crippen molar-refractivity contribution in [2.45, 2.75) is 23.8 Å². The third kappa shape index (κ3) is 5.03. The lowest BCUT2D eigenvalue weighted by Crippen LogP contribution is -2.63. The summed E-state index contributed by atoms with van der Waals surface area (Å²) in [5.74, 6) is 0.259. The molecular weight excluding hydrogens is 446 g/mol. The number of hydrogen-bond donors (Lipinski definition) is 2.